The Morgan fingerprint density at radius 1 is 1.28 bits per heavy atom. The van der Waals surface area contributed by atoms with Crippen molar-refractivity contribution in [3.63, 3.8) is 0 Å². The third-order valence-corrected chi connectivity index (χ3v) is 5.30. The van der Waals surface area contributed by atoms with Crippen molar-refractivity contribution in [1.29, 1.82) is 0 Å². The van der Waals surface area contributed by atoms with Crippen LogP contribution in [0, 0.1) is 5.92 Å². The fourth-order valence-electron chi connectivity index (χ4n) is 2.52. The van der Waals surface area contributed by atoms with Gasteiger partial charge in [-0.3, -0.25) is 4.79 Å². The average Bonchev–Trinajstić information content (AvgIpc) is 3.26. The number of thiophene rings is 1. The van der Waals surface area contributed by atoms with Gasteiger partial charge in [0.25, 0.3) is 0 Å². The molecule has 0 spiro atoms. The van der Waals surface area contributed by atoms with Crippen LogP contribution in [-0.4, -0.2) is 31.7 Å². The summed E-state index contributed by atoms with van der Waals surface area (Å²) in [6, 6.07) is 9.27. The number of rotatable bonds is 6. The molecular formula is C18H18BrNO4S. The molecular weight excluding hydrogens is 406 g/mol. The summed E-state index contributed by atoms with van der Waals surface area (Å²) in [5, 5.41) is 4.57. The van der Waals surface area contributed by atoms with E-state index in [0.29, 0.717) is 23.8 Å². The Morgan fingerprint density at radius 2 is 2.08 bits per heavy atom. The molecule has 132 valence electrons. The maximum absolute atomic E-state index is 12.3. The Hall–Kier alpha value is -1.70. The van der Waals surface area contributed by atoms with Crippen LogP contribution < -0.4 is 5.32 Å². The molecule has 3 rings (SSSR count). The zero-order valence-corrected chi connectivity index (χ0v) is 15.9. The number of carbonyl (C=O) groups is 2. The van der Waals surface area contributed by atoms with E-state index in [1.54, 1.807) is 11.4 Å². The molecule has 25 heavy (non-hydrogen) atoms. The number of ether oxygens (including phenoxy) is 2. The second-order valence-corrected chi connectivity index (χ2v) is 7.67. The van der Waals surface area contributed by atoms with E-state index in [2.05, 4.69) is 21.2 Å². The van der Waals surface area contributed by atoms with Gasteiger partial charge in [0.05, 0.1) is 25.3 Å². The molecule has 1 aliphatic rings. The van der Waals surface area contributed by atoms with Gasteiger partial charge in [0.15, 0.2) is 0 Å². The summed E-state index contributed by atoms with van der Waals surface area (Å²) in [4.78, 5) is 24.9. The molecule has 1 N–H and O–H groups in total. The predicted octanol–water partition coefficient (Wildman–Crippen LogP) is 3.89. The number of anilines is 1. The number of hydrogen-bond acceptors (Lipinski definition) is 5. The molecule has 2 heterocycles. The van der Waals surface area contributed by atoms with Crippen molar-refractivity contribution in [3.8, 4) is 0 Å². The third kappa shape index (κ3) is 5.14. The Morgan fingerprint density at radius 3 is 2.80 bits per heavy atom. The van der Waals surface area contributed by atoms with Gasteiger partial charge in [-0.1, -0.05) is 28.1 Å². The maximum atomic E-state index is 12.3. The van der Waals surface area contributed by atoms with Gasteiger partial charge < -0.3 is 14.8 Å². The van der Waals surface area contributed by atoms with E-state index >= 15 is 0 Å². The van der Waals surface area contributed by atoms with Crippen LogP contribution in [-0.2, 0) is 20.7 Å². The van der Waals surface area contributed by atoms with Crippen molar-refractivity contribution in [3.05, 3.63) is 50.6 Å². The predicted molar refractivity (Wildman–Crippen MR) is 100 cm³/mol. The van der Waals surface area contributed by atoms with E-state index in [1.165, 1.54) is 11.3 Å². The largest absolute Gasteiger partial charge is 0.461 e. The number of halogens is 1. The zero-order valence-electron chi connectivity index (χ0n) is 13.5. The van der Waals surface area contributed by atoms with E-state index in [9.17, 15) is 9.59 Å². The van der Waals surface area contributed by atoms with E-state index in [1.807, 2.05) is 24.3 Å². The number of carbonyl (C=O) groups excluding carboxylic acids is 2. The topological polar surface area (TPSA) is 64.6 Å². The molecule has 1 aromatic heterocycles. The van der Waals surface area contributed by atoms with Crippen molar-refractivity contribution in [2.24, 2.45) is 5.92 Å². The molecule has 1 amide bonds. The lowest BCUT2D eigenvalue weighted by Crippen LogP contribution is -2.18. The van der Waals surface area contributed by atoms with E-state index in [-0.39, 0.29) is 18.2 Å². The first-order chi connectivity index (χ1) is 12.1. The van der Waals surface area contributed by atoms with E-state index in [0.717, 1.165) is 23.1 Å². The summed E-state index contributed by atoms with van der Waals surface area (Å²) in [7, 11) is 0. The van der Waals surface area contributed by atoms with Crippen LogP contribution in [0.4, 0.5) is 5.69 Å². The van der Waals surface area contributed by atoms with Crippen molar-refractivity contribution < 1.29 is 19.1 Å². The summed E-state index contributed by atoms with van der Waals surface area (Å²) in [6.45, 7) is 1.70. The first kappa shape index (κ1) is 18.1. The fraction of sp³-hybridized carbons (Fsp3) is 0.333. The number of amides is 1. The monoisotopic (exact) mass is 423 g/mol. The first-order valence-corrected chi connectivity index (χ1v) is 9.66. The zero-order chi connectivity index (χ0) is 17.6. The van der Waals surface area contributed by atoms with Crippen molar-refractivity contribution in [2.75, 3.05) is 25.1 Å². The molecule has 1 atom stereocenters. The highest BCUT2D eigenvalue weighted by molar-refractivity contribution is 9.10. The molecule has 1 fully saturated rings. The summed E-state index contributed by atoms with van der Waals surface area (Å²) in [5.74, 6) is -0.306. The molecule has 5 nitrogen and oxygen atoms in total. The Bertz CT molecular complexity index is 738. The van der Waals surface area contributed by atoms with E-state index < -0.39 is 5.97 Å². The second-order valence-electron chi connectivity index (χ2n) is 5.84. The van der Waals surface area contributed by atoms with Gasteiger partial charge in [-0.25, -0.2) is 4.79 Å². The van der Waals surface area contributed by atoms with Crippen molar-refractivity contribution >= 4 is 44.8 Å². The first-order valence-electron chi connectivity index (χ1n) is 7.98. The number of esters is 1. The molecule has 0 radical (unpaired) electrons. The second kappa shape index (κ2) is 8.60. The molecule has 0 bridgehead atoms. The third-order valence-electron chi connectivity index (χ3n) is 3.88. The minimum Gasteiger partial charge on any atom is -0.461 e. The summed E-state index contributed by atoms with van der Waals surface area (Å²) < 4.78 is 11.6. The average molecular weight is 424 g/mol. The highest BCUT2D eigenvalue weighted by atomic mass is 79.9. The van der Waals surface area contributed by atoms with Crippen LogP contribution in [0.1, 0.15) is 21.7 Å². The van der Waals surface area contributed by atoms with Crippen molar-refractivity contribution in [1.82, 2.24) is 0 Å². The van der Waals surface area contributed by atoms with E-state index in [4.69, 9.17) is 9.47 Å². The minimum absolute atomic E-state index is 0.168. The fourth-order valence-corrected chi connectivity index (χ4v) is 3.53. The van der Waals surface area contributed by atoms with Crippen LogP contribution in [0.2, 0.25) is 0 Å². The maximum Gasteiger partial charge on any atom is 0.350 e. The summed E-state index contributed by atoms with van der Waals surface area (Å²) in [5.41, 5.74) is 1.40. The molecule has 0 saturated carbocycles. The molecule has 1 saturated heterocycles. The smallest absolute Gasteiger partial charge is 0.350 e. The highest BCUT2D eigenvalue weighted by Crippen LogP contribution is 2.24. The van der Waals surface area contributed by atoms with Crippen LogP contribution in [0.15, 0.2) is 40.2 Å². The number of hydrogen-bond donors (Lipinski definition) is 1. The molecule has 1 aromatic carbocycles. The lowest BCUT2D eigenvalue weighted by Gasteiger charge is -2.10. The highest BCUT2D eigenvalue weighted by Gasteiger charge is 2.21. The van der Waals surface area contributed by atoms with Gasteiger partial charge in [0, 0.05) is 17.0 Å². The SMILES string of the molecule is O=C(Cc1ccc(Br)cc1)Nc1ccsc1C(=O)OCC1CCOC1. The quantitative estimate of drug-likeness (QED) is 0.715. The summed E-state index contributed by atoms with van der Waals surface area (Å²) >= 11 is 4.63. The van der Waals surface area contributed by atoms with Gasteiger partial charge in [-0.2, -0.15) is 0 Å². The van der Waals surface area contributed by atoms with Gasteiger partial charge in [0.2, 0.25) is 5.91 Å². The van der Waals surface area contributed by atoms with Gasteiger partial charge >= 0.3 is 5.97 Å². The van der Waals surface area contributed by atoms with Crippen LogP contribution >= 0.6 is 27.3 Å². The molecule has 1 aliphatic heterocycles. The van der Waals surface area contributed by atoms with Crippen molar-refractivity contribution in [2.45, 2.75) is 12.8 Å². The van der Waals surface area contributed by atoms with Crippen LogP contribution in [0.5, 0.6) is 0 Å². The van der Waals surface area contributed by atoms with Crippen LogP contribution in [0.25, 0.3) is 0 Å². The lowest BCUT2D eigenvalue weighted by molar-refractivity contribution is -0.115. The molecule has 7 heteroatoms. The molecule has 0 aliphatic carbocycles. The molecule has 1 unspecified atom stereocenters. The Labute approximate surface area is 158 Å². The van der Waals surface area contributed by atoms with Gasteiger partial charge in [0.1, 0.15) is 4.88 Å². The molecule has 2 aromatic rings. The Balaban J connectivity index is 1.55. The number of nitrogens with one attached hydrogen (secondary N) is 1. The summed E-state index contributed by atoms with van der Waals surface area (Å²) in [6.07, 6.45) is 1.16. The lowest BCUT2D eigenvalue weighted by atomic mass is 10.1. The minimum atomic E-state index is -0.402. The Kier molecular flexibility index (Phi) is 6.23. The standard InChI is InChI=1S/C18H18BrNO4S/c19-14-3-1-12(2-4-14)9-16(21)20-15-6-8-25-17(15)18(22)24-11-13-5-7-23-10-13/h1-4,6,8,13H,5,7,9-11H2,(H,20,21). The normalized spacial score (nSPS) is 16.6. The van der Waals surface area contributed by atoms with Gasteiger partial charge in [-0.05, 0) is 35.6 Å². The van der Waals surface area contributed by atoms with Gasteiger partial charge in [-0.15, -0.1) is 11.3 Å². The van der Waals surface area contributed by atoms with Crippen LogP contribution in [0.3, 0.4) is 0 Å². The number of benzene rings is 1.